The number of benzene rings is 2. The maximum atomic E-state index is 12.9. The normalized spacial score (nSPS) is 10.7. The van der Waals surface area contributed by atoms with Crippen molar-refractivity contribution in [2.45, 2.75) is 6.92 Å². The zero-order valence-electron chi connectivity index (χ0n) is 15.4. The SMILES string of the molecule is Cc1occc1C(=O)NNC(=O)c1cc(-c2ccc(Cl)cc2)nc2ccccc12. The average molecular weight is 406 g/mol. The first-order chi connectivity index (χ1) is 14.0. The van der Waals surface area contributed by atoms with E-state index in [2.05, 4.69) is 15.8 Å². The van der Waals surface area contributed by atoms with E-state index in [-0.39, 0.29) is 0 Å². The predicted molar refractivity (Wildman–Crippen MR) is 111 cm³/mol. The summed E-state index contributed by atoms with van der Waals surface area (Å²) in [6, 6.07) is 17.8. The van der Waals surface area contributed by atoms with Gasteiger partial charge in [0.05, 0.1) is 28.6 Å². The molecule has 6 nitrogen and oxygen atoms in total. The molecule has 7 heteroatoms. The van der Waals surface area contributed by atoms with Gasteiger partial charge < -0.3 is 4.42 Å². The number of nitrogens with one attached hydrogen (secondary N) is 2. The summed E-state index contributed by atoms with van der Waals surface area (Å²) in [6.07, 6.45) is 1.42. The molecule has 0 aliphatic rings. The summed E-state index contributed by atoms with van der Waals surface area (Å²) in [5.41, 5.74) is 7.75. The molecule has 0 aliphatic heterocycles. The highest BCUT2D eigenvalue weighted by molar-refractivity contribution is 6.30. The summed E-state index contributed by atoms with van der Waals surface area (Å²) in [6.45, 7) is 1.67. The molecule has 0 fully saturated rings. The number of hydrazine groups is 1. The standard InChI is InChI=1S/C22H16ClN3O3/c1-13-16(10-11-29-13)21(27)25-26-22(28)18-12-20(14-6-8-15(23)9-7-14)24-19-5-3-2-4-17(18)19/h2-12H,1H3,(H,25,27)(H,26,28). The second kappa shape index (κ2) is 7.77. The topological polar surface area (TPSA) is 84.2 Å². The Balaban J connectivity index is 1.66. The molecule has 29 heavy (non-hydrogen) atoms. The second-order valence-electron chi connectivity index (χ2n) is 6.38. The van der Waals surface area contributed by atoms with Crippen LogP contribution in [0.5, 0.6) is 0 Å². The molecule has 2 aromatic carbocycles. The van der Waals surface area contributed by atoms with Crippen molar-refractivity contribution in [2.24, 2.45) is 0 Å². The number of rotatable bonds is 3. The van der Waals surface area contributed by atoms with Gasteiger partial charge in [0, 0.05) is 16.0 Å². The molecule has 0 unspecified atom stereocenters. The molecule has 0 spiro atoms. The number of para-hydroxylation sites is 1. The molecule has 0 atom stereocenters. The number of hydrogen-bond acceptors (Lipinski definition) is 4. The molecular weight excluding hydrogens is 390 g/mol. The van der Waals surface area contributed by atoms with Crippen molar-refractivity contribution in [1.82, 2.24) is 15.8 Å². The maximum absolute atomic E-state index is 12.9. The van der Waals surface area contributed by atoms with Crippen LogP contribution in [0.1, 0.15) is 26.5 Å². The van der Waals surface area contributed by atoms with Gasteiger partial charge in [-0.25, -0.2) is 4.98 Å². The van der Waals surface area contributed by atoms with Gasteiger partial charge in [0.25, 0.3) is 11.8 Å². The molecular formula is C22H16ClN3O3. The van der Waals surface area contributed by atoms with Crippen LogP contribution in [0.3, 0.4) is 0 Å². The monoisotopic (exact) mass is 405 g/mol. The third kappa shape index (κ3) is 3.83. The van der Waals surface area contributed by atoms with E-state index in [0.29, 0.717) is 38.5 Å². The number of carbonyl (C=O) groups is 2. The smallest absolute Gasteiger partial charge is 0.273 e. The maximum Gasteiger partial charge on any atom is 0.273 e. The number of pyridine rings is 1. The fraction of sp³-hybridized carbons (Fsp3) is 0.0455. The van der Waals surface area contributed by atoms with Gasteiger partial charge in [-0.15, -0.1) is 0 Å². The number of fused-ring (bicyclic) bond motifs is 1. The fourth-order valence-electron chi connectivity index (χ4n) is 3.00. The van der Waals surface area contributed by atoms with Crippen LogP contribution in [0, 0.1) is 6.92 Å². The highest BCUT2D eigenvalue weighted by Gasteiger charge is 2.16. The van der Waals surface area contributed by atoms with Crippen molar-refractivity contribution in [1.29, 1.82) is 0 Å². The lowest BCUT2D eigenvalue weighted by molar-refractivity contribution is 0.0846. The number of aromatic nitrogens is 1. The first-order valence-corrected chi connectivity index (χ1v) is 9.21. The van der Waals surface area contributed by atoms with Crippen LogP contribution in [0.15, 0.2) is 71.3 Å². The van der Waals surface area contributed by atoms with E-state index in [1.165, 1.54) is 12.3 Å². The Bertz CT molecular complexity index is 1220. The number of halogens is 1. The number of amides is 2. The average Bonchev–Trinajstić information content (AvgIpc) is 3.17. The summed E-state index contributed by atoms with van der Waals surface area (Å²) < 4.78 is 5.12. The van der Waals surface area contributed by atoms with Gasteiger partial charge in [-0.05, 0) is 37.3 Å². The van der Waals surface area contributed by atoms with Gasteiger partial charge in [-0.3, -0.25) is 20.4 Å². The summed E-state index contributed by atoms with van der Waals surface area (Å²) in [5, 5.41) is 1.29. The Labute approximate surface area is 171 Å². The van der Waals surface area contributed by atoms with Crippen LogP contribution >= 0.6 is 11.6 Å². The lowest BCUT2D eigenvalue weighted by Gasteiger charge is -2.11. The van der Waals surface area contributed by atoms with E-state index in [1.54, 1.807) is 25.1 Å². The molecule has 0 aliphatic carbocycles. The number of carbonyl (C=O) groups excluding carboxylic acids is 2. The van der Waals surface area contributed by atoms with Crippen LogP contribution in [0.2, 0.25) is 5.02 Å². The number of aryl methyl sites for hydroxylation is 1. The molecule has 0 saturated carbocycles. The first-order valence-electron chi connectivity index (χ1n) is 8.83. The van der Waals surface area contributed by atoms with Crippen molar-refractivity contribution < 1.29 is 14.0 Å². The Morgan fingerprint density at radius 3 is 2.31 bits per heavy atom. The van der Waals surface area contributed by atoms with E-state index < -0.39 is 11.8 Å². The van der Waals surface area contributed by atoms with Crippen molar-refractivity contribution in [2.75, 3.05) is 0 Å². The number of hydrogen-bond donors (Lipinski definition) is 2. The summed E-state index contributed by atoms with van der Waals surface area (Å²) in [7, 11) is 0. The zero-order chi connectivity index (χ0) is 20.4. The molecule has 2 N–H and O–H groups in total. The van der Waals surface area contributed by atoms with E-state index in [9.17, 15) is 9.59 Å². The molecule has 2 heterocycles. The summed E-state index contributed by atoms with van der Waals surface area (Å²) in [4.78, 5) is 29.7. The Morgan fingerprint density at radius 2 is 1.62 bits per heavy atom. The van der Waals surface area contributed by atoms with Crippen LogP contribution in [-0.4, -0.2) is 16.8 Å². The van der Waals surface area contributed by atoms with Crippen LogP contribution in [-0.2, 0) is 0 Å². The lowest BCUT2D eigenvalue weighted by atomic mass is 10.0. The third-order valence-corrected chi connectivity index (χ3v) is 4.75. The minimum absolute atomic E-state index is 0.353. The minimum Gasteiger partial charge on any atom is -0.469 e. The molecule has 2 amide bonds. The van der Waals surface area contributed by atoms with E-state index in [1.807, 2.05) is 36.4 Å². The van der Waals surface area contributed by atoms with Gasteiger partial charge in [0.15, 0.2) is 0 Å². The van der Waals surface area contributed by atoms with Gasteiger partial charge in [-0.1, -0.05) is 41.9 Å². The van der Waals surface area contributed by atoms with E-state index in [0.717, 1.165) is 5.56 Å². The van der Waals surface area contributed by atoms with Gasteiger partial charge in [-0.2, -0.15) is 0 Å². The van der Waals surface area contributed by atoms with Crippen LogP contribution < -0.4 is 10.9 Å². The lowest BCUT2D eigenvalue weighted by Crippen LogP contribution is -2.41. The highest BCUT2D eigenvalue weighted by atomic mass is 35.5. The largest absolute Gasteiger partial charge is 0.469 e. The zero-order valence-corrected chi connectivity index (χ0v) is 16.2. The van der Waals surface area contributed by atoms with E-state index >= 15 is 0 Å². The molecule has 0 saturated heterocycles. The molecule has 4 aromatic rings. The molecule has 2 aromatic heterocycles. The quantitative estimate of drug-likeness (QED) is 0.490. The number of nitrogens with zero attached hydrogens (tertiary/aromatic N) is 1. The van der Waals surface area contributed by atoms with Crippen LogP contribution in [0.25, 0.3) is 22.2 Å². The fourth-order valence-corrected chi connectivity index (χ4v) is 3.13. The molecule has 144 valence electrons. The Kier molecular flexibility index (Phi) is 5.01. The highest BCUT2D eigenvalue weighted by Crippen LogP contribution is 2.26. The van der Waals surface area contributed by atoms with Crippen molar-refractivity contribution >= 4 is 34.3 Å². The summed E-state index contributed by atoms with van der Waals surface area (Å²) in [5.74, 6) is -0.440. The minimum atomic E-state index is -0.458. The summed E-state index contributed by atoms with van der Waals surface area (Å²) >= 11 is 5.97. The van der Waals surface area contributed by atoms with Crippen molar-refractivity contribution in [3.63, 3.8) is 0 Å². The predicted octanol–water partition coefficient (Wildman–Crippen LogP) is 4.53. The van der Waals surface area contributed by atoms with Crippen molar-refractivity contribution in [3.8, 4) is 11.3 Å². The molecule has 4 rings (SSSR count). The van der Waals surface area contributed by atoms with Crippen molar-refractivity contribution in [3.05, 3.63) is 88.8 Å². The second-order valence-corrected chi connectivity index (χ2v) is 6.81. The Morgan fingerprint density at radius 1 is 0.931 bits per heavy atom. The van der Waals surface area contributed by atoms with Gasteiger partial charge in [0.2, 0.25) is 0 Å². The number of furan rings is 1. The molecule has 0 radical (unpaired) electrons. The van der Waals surface area contributed by atoms with Gasteiger partial charge in [0.1, 0.15) is 5.76 Å². The van der Waals surface area contributed by atoms with Gasteiger partial charge >= 0.3 is 0 Å². The first kappa shape index (κ1) is 18.7. The molecule has 0 bridgehead atoms. The van der Waals surface area contributed by atoms with Crippen LogP contribution in [0.4, 0.5) is 0 Å². The Hall–Kier alpha value is -3.64. The third-order valence-electron chi connectivity index (χ3n) is 4.49. The van der Waals surface area contributed by atoms with E-state index in [4.69, 9.17) is 16.0 Å².